The molecule has 1 rings (SSSR count). The maximum Gasteiger partial charge on any atom is 0.0670 e. The molecule has 0 saturated carbocycles. The van der Waals surface area contributed by atoms with Crippen molar-refractivity contribution in [2.24, 2.45) is 12.8 Å². The highest BCUT2D eigenvalue weighted by atomic mass is 32.2. The van der Waals surface area contributed by atoms with Crippen molar-refractivity contribution in [1.29, 1.82) is 0 Å². The predicted molar refractivity (Wildman–Crippen MR) is 80.0 cm³/mol. The average Bonchev–Trinajstić information content (AvgIpc) is 2.72. The molecule has 0 amide bonds. The number of rotatable bonds is 8. The van der Waals surface area contributed by atoms with Gasteiger partial charge in [0.25, 0.3) is 0 Å². The molecule has 0 fully saturated rings. The maximum absolute atomic E-state index is 5.96. The minimum atomic E-state index is 0.288. The van der Waals surface area contributed by atoms with Crippen molar-refractivity contribution in [2.45, 2.75) is 25.8 Å². The molecule has 4 nitrogen and oxygen atoms in total. The summed E-state index contributed by atoms with van der Waals surface area (Å²) in [5.74, 6) is 1.20. The second kappa shape index (κ2) is 7.81. The molecule has 1 atom stereocenters. The van der Waals surface area contributed by atoms with E-state index in [1.54, 1.807) is 0 Å². The molecule has 0 saturated heterocycles. The monoisotopic (exact) mass is 270 g/mol. The van der Waals surface area contributed by atoms with E-state index in [0.29, 0.717) is 6.54 Å². The minimum Gasteiger partial charge on any atom is -0.329 e. The molecule has 0 bridgehead atoms. The van der Waals surface area contributed by atoms with Crippen LogP contribution in [0.2, 0.25) is 0 Å². The Morgan fingerprint density at radius 2 is 2.28 bits per heavy atom. The van der Waals surface area contributed by atoms with Crippen LogP contribution in [-0.2, 0) is 13.5 Å². The van der Waals surface area contributed by atoms with Gasteiger partial charge in [0.1, 0.15) is 0 Å². The summed E-state index contributed by atoms with van der Waals surface area (Å²) in [6.07, 6.45) is 6.43. The number of nitrogens with zero attached hydrogens (tertiary/aromatic N) is 3. The fraction of sp³-hybridized carbons (Fsp3) is 0.769. The average molecular weight is 270 g/mol. The summed E-state index contributed by atoms with van der Waals surface area (Å²) in [6, 6.07) is 0.288. The Labute approximate surface area is 115 Å². The van der Waals surface area contributed by atoms with Gasteiger partial charge in [0, 0.05) is 25.4 Å². The van der Waals surface area contributed by atoms with Gasteiger partial charge in [-0.25, -0.2) is 0 Å². The summed E-state index contributed by atoms with van der Waals surface area (Å²) in [5.41, 5.74) is 8.42. The van der Waals surface area contributed by atoms with Crippen LogP contribution in [-0.4, -0.2) is 46.8 Å². The summed E-state index contributed by atoms with van der Waals surface area (Å²) in [4.78, 5) is 2.35. The van der Waals surface area contributed by atoms with E-state index in [-0.39, 0.29) is 6.04 Å². The number of aromatic nitrogens is 2. The van der Waals surface area contributed by atoms with E-state index in [4.69, 9.17) is 5.73 Å². The third-order valence-corrected chi connectivity index (χ3v) is 3.94. The molecule has 1 aromatic rings. The molecular weight excluding hydrogens is 244 g/mol. The number of hydrogen-bond donors (Lipinski definition) is 1. The van der Waals surface area contributed by atoms with Gasteiger partial charge in [-0.15, -0.1) is 0 Å². The molecule has 0 aliphatic carbocycles. The highest BCUT2D eigenvalue weighted by Crippen LogP contribution is 2.22. The van der Waals surface area contributed by atoms with Crippen LogP contribution in [0.25, 0.3) is 0 Å². The van der Waals surface area contributed by atoms with E-state index in [1.165, 1.54) is 23.4 Å². The maximum atomic E-state index is 5.96. The zero-order valence-electron chi connectivity index (χ0n) is 12.0. The van der Waals surface area contributed by atoms with Crippen LogP contribution >= 0.6 is 11.8 Å². The molecule has 104 valence electrons. The van der Waals surface area contributed by atoms with Crippen molar-refractivity contribution in [3.8, 4) is 0 Å². The first-order valence-corrected chi connectivity index (χ1v) is 7.95. The van der Waals surface area contributed by atoms with Crippen molar-refractivity contribution < 1.29 is 0 Å². The normalized spacial score (nSPS) is 13.2. The molecule has 0 spiro atoms. The van der Waals surface area contributed by atoms with Gasteiger partial charge >= 0.3 is 0 Å². The first-order chi connectivity index (χ1) is 8.63. The van der Waals surface area contributed by atoms with E-state index >= 15 is 0 Å². The topological polar surface area (TPSA) is 47.1 Å². The second-order valence-corrected chi connectivity index (χ2v) is 5.62. The molecule has 1 aromatic heterocycles. The quantitative estimate of drug-likeness (QED) is 0.730. The first-order valence-electron chi connectivity index (χ1n) is 6.55. The summed E-state index contributed by atoms with van der Waals surface area (Å²) in [7, 11) is 4.13. The first kappa shape index (κ1) is 15.5. The van der Waals surface area contributed by atoms with Gasteiger partial charge in [0.05, 0.1) is 11.7 Å². The van der Waals surface area contributed by atoms with Gasteiger partial charge < -0.3 is 5.73 Å². The highest BCUT2D eigenvalue weighted by molar-refractivity contribution is 7.98. The van der Waals surface area contributed by atoms with Crippen LogP contribution in [0, 0.1) is 0 Å². The fourth-order valence-electron chi connectivity index (χ4n) is 2.26. The van der Waals surface area contributed by atoms with Crippen molar-refractivity contribution in [1.82, 2.24) is 14.7 Å². The third-order valence-electron chi connectivity index (χ3n) is 3.25. The van der Waals surface area contributed by atoms with Crippen LogP contribution in [0.5, 0.6) is 0 Å². The van der Waals surface area contributed by atoms with Crippen molar-refractivity contribution >= 4 is 11.8 Å². The van der Waals surface area contributed by atoms with Gasteiger partial charge in [0.15, 0.2) is 0 Å². The summed E-state index contributed by atoms with van der Waals surface area (Å²) in [6.45, 7) is 3.88. The lowest BCUT2D eigenvalue weighted by Gasteiger charge is -2.26. The molecule has 0 aliphatic heterocycles. The lowest BCUT2D eigenvalue weighted by molar-refractivity contribution is 0.250. The van der Waals surface area contributed by atoms with Crippen LogP contribution in [0.4, 0.5) is 0 Å². The number of hydrogen-bond acceptors (Lipinski definition) is 4. The van der Waals surface area contributed by atoms with Gasteiger partial charge in [-0.05, 0) is 38.4 Å². The molecule has 5 heteroatoms. The van der Waals surface area contributed by atoms with E-state index < -0.39 is 0 Å². The smallest absolute Gasteiger partial charge is 0.0670 e. The Hall–Kier alpha value is -0.520. The molecule has 0 aliphatic rings. The van der Waals surface area contributed by atoms with Gasteiger partial charge in [0.2, 0.25) is 0 Å². The molecule has 0 aromatic carbocycles. The van der Waals surface area contributed by atoms with E-state index in [0.717, 1.165) is 13.0 Å². The van der Waals surface area contributed by atoms with Crippen molar-refractivity contribution in [3.63, 3.8) is 0 Å². The summed E-state index contributed by atoms with van der Waals surface area (Å²) < 4.78 is 1.90. The Bertz CT molecular complexity index is 351. The molecule has 1 heterocycles. The Morgan fingerprint density at radius 1 is 1.56 bits per heavy atom. The number of aryl methyl sites for hydroxylation is 2. The zero-order chi connectivity index (χ0) is 13.5. The molecule has 0 radical (unpaired) electrons. The van der Waals surface area contributed by atoms with Gasteiger partial charge in [-0.1, -0.05) is 6.92 Å². The highest BCUT2D eigenvalue weighted by Gasteiger charge is 2.20. The molecule has 18 heavy (non-hydrogen) atoms. The lowest BCUT2D eigenvalue weighted by atomic mass is 10.1. The van der Waals surface area contributed by atoms with Crippen LogP contribution < -0.4 is 5.73 Å². The Morgan fingerprint density at radius 3 is 2.83 bits per heavy atom. The second-order valence-electron chi connectivity index (χ2n) is 4.64. The van der Waals surface area contributed by atoms with Crippen molar-refractivity contribution in [3.05, 3.63) is 17.5 Å². The van der Waals surface area contributed by atoms with Crippen LogP contribution in [0.15, 0.2) is 6.20 Å². The van der Waals surface area contributed by atoms with E-state index in [2.05, 4.69) is 36.4 Å². The number of nitrogens with two attached hydrogens (primary N) is 1. The largest absolute Gasteiger partial charge is 0.329 e. The molecular formula is C13H26N4S. The number of thioether (sulfide) groups is 1. The van der Waals surface area contributed by atoms with Gasteiger partial charge in [-0.3, -0.25) is 9.58 Å². The molecule has 1 unspecified atom stereocenters. The summed E-state index contributed by atoms with van der Waals surface area (Å²) >= 11 is 1.90. The van der Waals surface area contributed by atoms with Gasteiger partial charge in [-0.2, -0.15) is 16.9 Å². The van der Waals surface area contributed by atoms with E-state index in [1.807, 2.05) is 23.5 Å². The third kappa shape index (κ3) is 4.00. The molecule has 2 N–H and O–H groups in total. The lowest BCUT2D eigenvalue weighted by Crippen LogP contribution is -2.32. The van der Waals surface area contributed by atoms with Crippen LogP contribution in [0.1, 0.15) is 30.6 Å². The number of likely N-dealkylation sites (N-methyl/N-ethyl adjacent to an activating group) is 1. The Balaban J connectivity index is 2.74. The summed E-state index contributed by atoms with van der Waals surface area (Å²) in [5, 5.41) is 4.51. The Kier molecular flexibility index (Phi) is 6.75. The SMILES string of the molecule is CCc1nn(C)cc1C(CN)N(C)CCCSC. The standard InChI is InChI=1S/C13H26N4S/c1-5-12-11(10-17(3)15-12)13(9-14)16(2)7-6-8-18-4/h10,13H,5-9,14H2,1-4H3. The van der Waals surface area contributed by atoms with Crippen LogP contribution in [0.3, 0.4) is 0 Å². The van der Waals surface area contributed by atoms with E-state index in [9.17, 15) is 0 Å². The fourth-order valence-corrected chi connectivity index (χ4v) is 2.68. The predicted octanol–water partition coefficient (Wildman–Crippen LogP) is 1.67. The zero-order valence-corrected chi connectivity index (χ0v) is 12.8. The minimum absolute atomic E-state index is 0.288. The van der Waals surface area contributed by atoms with Crippen molar-refractivity contribution in [2.75, 3.05) is 32.1 Å².